The highest BCUT2D eigenvalue weighted by atomic mass is 16.5. The summed E-state index contributed by atoms with van der Waals surface area (Å²) in [7, 11) is 1.59. The van der Waals surface area contributed by atoms with Crippen LogP contribution in [0.5, 0.6) is 11.5 Å². The number of hydrogen-bond donors (Lipinski definition) is 2. The van der Waals surface area contributed by atoms with E-state index in [4.69, 9.17) is 9.47 Å². The van der Waals surface area contributed by atoms with Gasteiger partial charge in [0.15, 0.2) is 5.82 Å². The number of likely N-dealkylation sites (N-methyl/N-ethyl adjacent to an activating group) is 1. The molecule has 11 nitrogen and oxygen atoms in total. The van der Waals surface area contributed by atoms with Gasteiger partial charge in [-0.2, -0.15) is 5.10 Å². The fourth-order valence-electron chi connectivity index (χ4n) is 5.00. The van der Waals surface area contributed by atoms with E-state index >= 15 is 0 Å². The molecule has 4 bridgehead atoms. The van der Waals surface area contributed by atoms with E-state index in [9.17, 15) is 14.4 Å². The third-order valence-corrected chi connectivity index (χ3v) is 7.21. The Bertz CT molecular complexity index is 1410. The van der Waals surface area contributed by atoms with Crippen LogP contribution >= 0.6 is 0 Å². The third kappa shape index (κ3) is 6.48. The zero-order valence-corrected chi connectivity index (χ0v) is 23.0. The van der Waals surface area contributed by atoms with E-state index in [1.54, 1.807) is 24.1 Å². The maximum Gasteiger partial charge on any atom is 0.254 e. The summed E-state index contributed by atoms with van der Waals surface area (Å²) < 4.78 is 12.4. The first-order valence-electron chi connectivity index (χ1n) is 13.4. The molecule has 1 saturated heterocycles. The Labute approximate surface area is 232 Å². The summed E-state index contributed by atoms with van der Waals surface area (Å²) in [4.78, 5) is 46.7. The van der Waals surface area contributed by atoms with Crippen molar-refractivity contribution in [2.75, 3.05) is 26.7 Å². The molecule has 11 heteroatoms. The minimum Gasteiger partial charge on any atom is -0.457 e. The molecule has 210 valence electrons. The van der Waals surface area contributed by atoms with Crippen molar-refractivity contribution in [2.45, 2.75) is 51.9 Å². The van der Waals surface area contributed by atoms with Crippen LogP contribution in [0, 0.1) is 13.8 Å². The van der Waals surface area contributed by atoms with E-state index < -0.39 is 6.04 Å². The van der Waals surface area contributed by atoms with Gasteiger partial charge >= 0.3 is 0 Å². The van der Waals surface area contributed by atoms with Crippen LogP contribution in [0.4, 0.5) is 0 Å². The second-order valence-corrected chi connectivity index (χ2v) is 10.4. The lowest BCUT2D eigenvalue weighted by atomic mass is 10.0. The quantitative estimate of drug-likeness (QED) is 0.516. The molecule has 2 atom stereocenters. The Morgan fingerprint density at radius 1 is 1.15 bits per heavy atom. The molecule has 0 unspecified atom stereocenters. The number of amides is 3. The molecule has 2 N–H and O–H groups in total. The van der Waals surface area contributed by atoms with E-state index in [2.05, 4.69) is 20.5 Å². The minimum atomic E-state index is -0.433. The van der Waals surface area contributed by atoms with Crippen LogP contribution in [-0.4, -0.2) is 81.5 Å². The summed E-state index contributed by atoms with van der Waals surface area (Å²) in [5, 5.41) is 9.93. The van der Waals surface area contributed by atoms with Crippen LogP contribution in [0.2, 0.25) is 0 Å². The van der Waals surface area contributed by atoms with Gasteiger partial charge in [0.1, 0.15) is 17.3 Å². The first-order valence-corrected chi connectivity index (χ1v) is 13.4. The van der Waals surface area contributed by atoms with Gasteiger partial charge < -0.3 is 24.6 Å². The summed E-state index contributed by atoms with van der Waals surface area (Å²) >= 11 is 0. The largest absolute Gasteiger partial charge is 0.457 e. The fourth-order valence-corrected chi connectivity index (χ4v) is 5.00. The van der Waals surface area contributed by atoms with Crippen molar-refractivity contribution >= 4 is 17.7 Å². The van der Waals surface area contributed by atoms with Crippen LogP contribution in [0.3, 0.4) is 0 Å². The van der Waals surface area contributed by atoms with Gasteiger partial charge in [-0.25, -0.2) is 4.98 Å². The summed E-state index contributed by atoms with van der Waals surface area (Å²) in [5.74, 6) is 1.87. The fraction of sp³-hybridized carbons (Fsp3) is 0.414. The van der Waals surface area contributed by atoms with Gasteiger partial charge in [0.2, 0.25) is 11.8 Å². The normalized spacial score (nSPS) is 20.0. The summed E-state index contributed by atoms with van der Waals surface area (Å²) in [6.45, 7) is 4.74. The molecular weight excluding hydrogens is 512 g/mol. The molecule has 2 aliphatic heterocycles. The number of rotatable bonds is 3. The van der Waals surface area contributed by atoms with Gasteiger partial charge in [0.25, 0.3) is 5.91 Å². The second-order valence-electron chi connectivity index (χ2n) is 10.4. The lowest BCUT2D eigenvalue weighted by Crippen LogP contribution is -2.58. The number of H-pyrrole nitrogens is 1. The van der Waals surface area contributed by atoms with E-state index in [1.165, 1.54) is 4.90 Å². The second kappa shape index (κ2) is 11.9. The standard InChI is InChI=1S/C29H34N6O5/c1-18-7-8-21-14-25(18)40-22-6-4-5-20(13-22)17-39-24-11-12-35(28(37)10-9-26-30-19(2)32-33-26)15-23(24)31-27(36)16-34(3)29(21)38/h4-8,13-14,23-24H,9-12,15-17H2,1-3H3,(H,31,36)(H,30,32,33)/t23-,24+/m0/s1. The Morgan fingerprint density at radius 3 is 2.80 bits per heavy atom. The number of hydrogen-bond acceptors (Lipinski definition) is 7. The molecule has 0 aliphatic carbocycles. The number of ether oxygens (including phenoxy) is 2. The minimum absolute atomic E-state index is 0.0328. The van der Waals surface area contributed by atoms with Gasteiger partial charge in [-0.05, 0) is 55.7 Å². The summed E-state index contributed by atoms with van der Waals surface area (Å²) in [6, 6.07) is 12.4. The van der Waals surface area contributed by atoms with Crippen LogP contribution in [0.1, 0.15) is 46.0 Å². The van der Waals surface area contributed by atoms with Crippen molar-refractivity contribution in [3.8, 4) is 11.5 Å². The molecule has 0 saturated carbocycles. The Balaban J connectivity index is 1.34. The summed E-state index contributed by atoms with van der Waals surface area (Å²) in [5.41, 5.74) is 2.23. The number of benzene rings is 2. The number of piperidine rings is 1. The smallest absolute Gasteiger partial charge is 0.254 e. The highest BCUT2D eigenvalue weighted by Crippen LogP contribution is 2.28. The van der Waals surface area contributed by atoms with Crippen LogP contribution < -0.4 is 10.1 Å². The Hall–Kier alpha value is -4.25. The monoisotopic (exact) mass is 546 g/mol. The van der Waals surface area contributed by atoms with Crippen molar-refractivity contribution in [2.24, 2.45) is 0 Å². The molecule has 0 radical (unpaired) electrons. The average molecular weight is 547 g/mol. The predicted octanol–water partition coefficient (Wildman–Crippen LogP) is 2.53. The van der Waals surface area contributed by atoms with Gasteiger partial charge in [0.05, 0.1) is 25.3 Å². The molecule has 0 spiro atoms. The van der Waals surface area contributed by atoms with E-state index in [0.29, 0.717) is 61.2 Å². The number of likely N-dealkylation sites (tertiary alicyclic amines) is 1. The zero-order chi connectivity index (χ0) is 28.2. The number of fused-ring (bicyclic) bond motifs is 5. The van der Waals surface area contributed by atoms with Gasteiger partial charge in [0, 0.05) is 38.5 Å². The van der Waals surface area contributed by atoms with Gasteiger partial charge in [-0.15, -0.1) is 0 Å². The molecule has 2 aliphatic rings. The number of nitrogens with one attached hydrogen (secondary N) is 2. The number of aryl methyl sites for hydroxylation is 3. The molecule has 3 heterocycles. The molecule has 3 amide bonds. The topological polar surface area (TPSA) is 130 Å². The zero-order valence-electron chi connectivity index (χ0n) is 23.0. The van der Waals surface area contributed by atoms with Crippen molar-refractivity contribution in [3.63, 3.8) is 0 Å². The van der Waals surface area contributed by atoms with Crippen molar-refractivity contribution < 1.29 is 23.9 Å². The summed E-state index contributed by atoms with van der Waals surface area (Å²) in [6.07, 6.45) is 0.956. The van der Waals surface area contributed by atoms with E-state index in [1.807, 2.05) is 44.2 Å². The van der Waals surface area contributed by atoms with Crippen molar-refractivity contribution in [1.82, 2.24) is 30.3 Å². The Morgan fingerprint density at radius 2 is 2.00 bits per heavy atom. The maximum absolute atomic E-state index is 13.2. The van der Waals surface area contributed by atoms with Crippen molar-refractivity contribution in [1.29, 1.82) is 0 Å². The Kier molecular flexibility index (Phi) is 8.11. The molecular formula is C29H34N6O5. The lowest BCUT2D eigenvalue weighted by molar-refractivity contribution is -0.137. The highest BCUT2D eigenvalue weighted by Gasteiger charge is 2.33. The first kappa shape index (κ1) is 27.3. The highest BCUT2D eigenvalue weighted by molar-refractivity contribution is 5.96. The number of carbonyl (C=O) groups excluding carboxylic acids is 3. The SMILES string of the molecule is Cc1nc(CCC(=O)N2CC[C@H]3OCc4cccc(c4)Oc4cc(ccc4C)C(=O)N(C)CC(=O)N[C@H]3C2)n[nH]1. The molecule has 1 aromatic heterocycles. The van der Waals surface area contributed by atoms with Gasteiger partial charge in [-0.3, -0.25) is 19.5 Å². The molecule has 1 fully saturated rings. The van der Waals surface area contributed by atoms with Gasteiger partial charge in [-0.1, -0.05) is 18.2 Å². The molecule has 3 aromatic rings. The molecule has 40 heavy (non-hydrogen) atoms. The predicted molar refractivity (Wildman–Crippen MR) is 146 cm³/mol. The van der Waals surface area contributed by atoms with E-state index in [-0.39, 0.29) is 36.8 Å². The van der Waals surface area contributed by atoms with Crippen molar-refractivity contribution in [3.05, 3.63) is 70.8 Å². The number of aromatic amines is 1. The lowest BCUT2D eigenvalue weighted by Gasteiger charge is -2.39. The average Bonchev–Trinajstić information content (AvgIpc) is 3.36. The van der Waals surface area contributed by atoms with Crippen LogP contribution in [0.15, 0.2) is 42.5 Å². The van der Waals surface area contributed by atoms with E-state index in [0.717, 1.165) is 11.1 Å². The number of aromatic nitrogens is 3. The number of carbonyl (C=O) groups is 3. The number of nitrogens with zero attached hydrogens (tertiary/aromatic N) is 4. The molecule has 2 aromatic carbocycles. The molecule has 5 rings (SSSR count). The van der Waals surface area contributed by atoms with Crippen LogP contribution in [-0.2, 0) is 27.4 Å². The van der Waals surface area contributed by atoms with Crippen LogP contribution in [0.25, 0.3) is 0 Å². The maximum atomic E-state index is 13.2. The third-order valence-electron chi connectivity index (χ3n) is 7.21. The first-order chi connectivity index (χ1) is 19.2.